The maximum Gasteiger partial charge on any atom is 0.251 e. The zero-order chi connectivity index (χ0) is 22.1. The van der Waals surface area contributed by atoms with Crippen molar-refractivity contribution in [3.8, 4) is 0 Å². The summed E-state index contributed by atoms with van der Waals surface area (Å²) in [4.78, 5) is 35.4. The largest absolute Gasteiger partial charge is 0.368 e. The average molecular weight is 428 g/mol. The second-order valence-electron chi connectivity index (χ2n) is 7.93. The summed E-state index contributed by atoms with van der Waals surface area (Å²) >= 11 is 0. The van der Waals surface area contributed by atoms with Gasteiger partial charge in [0.05, 0.1) is 36.3 Å². The summed E-state index contributed by atoms with van der Waals surface area (Å²) in [7, 11) is 1.61. The Balaban J connectivity index is 1.39. The lowest BCUT2D eigenvalue weighted by Gasteiger charge is -2.33. The van der Waals surface area contributed by atoms with Gasteiger partial charge in [-0.1, -0.05) is 36.4 Å². The third kappa shape index (κ3) is 3.71. The van der Waals surface area contributed by atoms with E-state index in [4.69, 9.17) is 9.72 Å². The van der Waals surface area contributed by atoms with E-state index in [0.717, 1.165) is 27.4 Å². The first-order valence-corrected chi connectivity index (χ1v) is 10.7. The number of pyridine rings is 1. The van der Waals surface area contributed by atoms with Gasteiger partial charge in [0, 0.05) is 36.1 Å². The van der Waals surface area contributed by atoms with Gasteiger partial charge in [0.1, 0.15) is 6.10 Å². The number of amides is 2. The number of morpholine rings is 1. The van der Waals surface area contributed by atoms with E-state index in [-0.39, 0.29) is 17.9 Å². The van der Waals surface area contributed by atoms with Gasteiger partial charge in [-0.25, -0.2) is 4.98 Å². The number of carbonyl (C=O) groups excluding carboxylic acids is 2. The van der Waals surface area contributed by atoms with Crippen LogP contribution in [-0.2, 0) is 16.0 Å². The lowest BCUT2D eigenvalue weighted by Crippen LogP contribution is -2.43. The van der Waals surface area contributed by atoms with Gasteiger partial charge in [0.2, 0.25) is 5.91 Å². The topological polar surface area (TPSA) is 87.3 Å². The molecule has 2 N–H and O–H groups in total. The highest BCUT2D eigenvalue weighted by molar-refractivity contribution is 6.06. The summed E-state index contributed by atoms with van der Waals surface area (Å²) in [5, 5.41) is 4.55. The van der Waals surface area contributed by atoms with E-state index in [1.165, 1.54) is 0 Å². The highest BCUT2D eigenvalue weighted by Gasteiger charge is 2.28. The quantitative estimate of drug-likeness (QED) is 0.523. The Bertz CT molecular complexity index is 1310. The summed E-state index contributed by atoms with van der Waals surface area (Å²) < 4.78 is 5.97. The molecule has 2 aromatic carbocycles. The van der Waals surface area contributed by atoms with E-state index in [0.29, 0.717) is 37.4 Å². The minimum atomic E-state index is -0.385. The molecule has 1 aliphatic heterocycles. The SMILES string of the molecule is CNC(=O)c1cc([C@H]2CN(C(=O)Cc3c[nH]c4ccccc34)CCO2)nc2ccccc12. The van der Waals surface area contributed by atoms with Gasteiger partial charge in [-0.2, -0.15) is 0 Å². The van der Waals surface area contributed by atoms with E-state index in [9.17, 15) is 9.59 Å². The van der Waals surface area contributed by atoms with Crippen LogP contribution in [0.15, 0.2) is 60.8 Å². The minimum absolute atomic E-state index is 0.0513. The van der Waals surface area contributed by atoms with Crippen molar-refractivity contribution < 1.29 is 14.3 Å². The fraction of sp³-hybridized carbons (Fsp3) is 0.240. The number of nitrogens with one attached hydrogen (secondary N) is 2. The van der Waals surface area contributed by atoms with Crippen molar-refractivity contribution in [2.24, 2.45) is 0 Å². The van der Waals surface area contributed by atoms with Gasteiger partial charge in [0.15, 0.2) is 0 Å². The number of hydrogen-bond acceptors (Lipinski definition) is 4. The number of hydrogen-bond donors (Lipinski definition) is 2. The molecule has 2 amide bonds. The molecule has 4 aromatic rings. The molecular weight excluding hydrogens is 404 g/mol. The van der Waals surface area contributed by atoms with Crippen LogP contribution in [0.25, 0.3) is 21.8 Å². The fourth-order valence-corrected chi connectivity index (χ4v) is 4.29. The highest BCUT2D eigenvalue weighted by Crippen LogP contribution is 2.27. The summed E-state index contributed by atoms with van der Waals surface area (Å²) in [6.45, 7) is 1.36. The van der Waals surface area contributed by atoms with Gasteiger partial charge in [-0.3, -0.25) is 9.59 Å². The van der Waals surface area contributed by atoms with Crippen molar-refractivity contribution in [2.45, 2.75) is 12.5 Å². The van der Waals surface area contributed by atoms with E-state index in [2.05, 4.69) is 10.3 Å². The summed E-state index contributed by atoms with van der Waals surface area (Å²) in [5.41, 5.74) is 3.96. The normalized spacial score (nSPS) is 16.4. The third-order valence-corrected chi connectivity index (χ3v) is 5.97. The zero-order valence-corrected chi connectivity index (χ0v) is 17.8. The lowest BCUT2D eigenvalue weighted by atomic mass is 10.0. The van der Waals surface area contributed by atoms with Gasteiger partial charge in [-0.05, 0) is 23.8 Å². The molecule has 1 aliphatic rings. The van der Waals surface area contributed by atoms with Crippen LogP contribution in [0.3, 0.4) is 0 Å². The van der Waals surface area contributed by atoms with E-state index in [1.54, 1.807) is 13.1 Å². The van der Waals surface area contributed by atoms with Crippen LogP contribution in [0, 0.1) is 0 Å². The maximum atomic E-state index is 13.1. The molecule has 0 bridgehead atoms. The highest BCUT2D eigenvalue weighted by atomic mass is 16.5. The number of carbonyl (C=O) groups is 2. The molecule has 0 saturated carbocycles. The summed E-state index contributed by atoms with van der Waals surface area (Å²) in [6, 6.07) is 17.3. The molecule has 3 heterocycles. The molecule has 162 valence electrons. The Hall–Kier alpha value is -3.71. The van der Waals surface area contributed by atoms with Gasteiger partial charge < -0.3 is 19.9 Å². The van der Waals surface area contributed by atoms with Crippen molar-refractivity contribution in [2.75, 3.05) is 26.7 Å². The molecule has 0 radical (unpaired) electrons. The number of ether oxygens (including phenoxy) is 1. The fourth-order valence-electron chi connectivity index (χ4n) is 4.29. The first kappa shape index (κ1) is 20.2. The molecule has 1 fully saturated rings. The number of nitrogens with zero attached hydrogens (tertiary/aromatic N) is 2. The van der Waals surface area contributed by atoms with Crippen LogP contribution < -0.4 is 5.32 Å². The summed E-state index contributed by atoms with van der Waals surface area (Å²) in [5.74, 6) is -0.122. The first-order valence-electron chi connectivity index (χ1n) is 10.7. The van der Waals surface area contributed by atoms with Crippen LogP contribution in [0.5, 0.6) is 0 Å². The van der Waals surface area contributed by atoms with Crippen LogP contribution in [0.2, 0.25) is 0 Å². The predicted octanol–water partition coefficient (Wildman–Crippen LogP) is 3.22. The van der Waals surface area contributed by atoms with Crippen LogP contribution in [0.4, 0.5) is 0 Å². The van der Waals surface area contributed by atoms with Gasteiger partial charge in [-0.15, -0.1) is 0 Å². The van der Waals surface area contributed by atoms with Crippen molar-refractivity contribution in [1.29, 1.82) is 0 Å². The van der Waals surface area contributed by atoms with Crippen LogP contribution >= 0.6 is 0 Å². The number of para-hydroxylation sites is 2. The number of H-pyrrole nitrogens is 1. The molecule has 0 aliphatic carbocycles. The van der Waals surface area contributed by atoms with Gasteiger partial charge >= 0.3 is 0 Å². The van der Waals surface area contributed by atoms with E-state index in [1.807, 2.05) is 59.6 Å². The average Bonchev–Trinajstić information content (AvgIpc) is 3.25. The van der Waals surface area contributed by atoms with Crippen molar-refractivity contribution in [3.63, 3.8) is 0 Å². The van der Waals surface area contributed by atoms with Crippen LogP contribution in [0.1, 0.15) is 27.7 Å². The van der Waals surface area contributed by atoms with Crippen molar-refractivity contribution >= 4 is 33.6 Å². The molecule has 0 unspecified atom stereocenters. The van der Waals surface area contributed by atoms with Crippen molar-refractivity contribution in [1.82, 2.24) is 20.2 Å². The Morgan fingerprint density at radius 3 is 2.78 bits per heavy atom. The molecule has 1 saturated heterocycles. The molecule has 2 aromatic heterocycles. The number of fused-ring (bicyclic) bond motifs is 2. The second-order valence-corrected chi connectivity index (χ2v) is 7.93. The van der Waals surface area contributed by atoms with Gasteiger partial charge in [0.25, 0.3) is 5.91 Å². The summed E-state index contributed by atoms with van der Waals surface area (Å²) in [6.07, 6.45) is 1.84. The Kier molecular flexibility index (Phi) is 5.33. The predicted molar refractivity (Wildman–Crippen MR) is 122 cm³/mol. The number of rotatable bonds is 4. The second kappa shape index (κ2) is 8.43. The lowest BCUT2D eigenvalue weighted by molar-refractivity contribution is -0.138. The Labute approximate surface area is 185 Å². The van der Waals surface area contributed by atoms with E-state index < -0.39 is 0 Å². The molecule has 5 rings (SSSR count). The Morgan fingerprint density at radius 2 is 1.94 bits per heavy atom. The molecule has 1 atom stereocenters. The number of aromatic nitrogens is 2. The maximum absolute atomic E-state index is 13.1. The molecule has 32 heavy (non-hydrogen) atoms. The van der Waals surface area contributed by atoms with E-state index >= 15 is 0 Å². The zero-order valence-electron chi connectivity index (χ0n) is 17.8. The third-order valence-electron chi connectivity index (χ3n) is 5.97. The molecule has 7 nitrogen and oxygen atoms in total. The Morgan fingerprint density at radius 1 is 1.16 bits per heavy atom. The monoisotopic (exact) mass is 428 g/mol. The molecule has 7 heteroatoms. The number of aromatic amines is 1. The first-order chi connectivity index (χ1) is 15.6. The van der Waals surface area contributed by atoms with Crippen molar-refractivity contribution in [3.05, 3.63) is 77.6 Å². The number of benzene rings is 2. The van der Waals surface area contributed by atoms with Crippen LogP contribution in [-0.4, -0.2) is 53.4 Å². The molecule has 0 spiro atoms. The standard InChI is InChI=1S/C25H24N4O3/c1-26-25(31)19-13-22(28-21-9-5-3-7-18(19)21)23-15-29(10-11-32-23)24(30)12-16-14-27-20-8-4-2-6-17(16)20/h2-9,13-14,23,27H,10-12,15H2,1H3,(H,26,31)/t23-/m1/s1. The molecular formula is C25H24N4O3. The smallest absolute Gasteiger partial charge is 0.251 e. The minimum Gasteiger partial charge on any atom is -0.368 e.